The molecule has 4 atom stereocenters. The van der Waals surface area contributed by atoms with Crippen LogP contribution in [0.4, 0.5) is 4.79 Å². The van der Waals surface area contributed by atoms with Gasteiger partial charge in [-0.1, -0.05) is 81.0 Å². The molecule has 2 aromatic carbocycles. The van der Waals surface area contributed by atoms with Gasteiger partial charge in [-0.15, -0.1) is 0 Å². The van der Waals surface area contributed by atoms with E-state index in [0.717, 1.165) is 22.3 Å². The monoisotopic (exact) mass is 476 g/mol. The van der Waals surface area contributed by atoms with E-state index in [2.05, 4.69) is 34.9 Å². The average Bonchev–Trinajstić information content (AvgIpc) is 3.19. The minimum atomic E-state index is -0.871. The number of carboxylic acid groups (broad SMARTS) is 1. The first kappa shape index (κ1) is 24.5. The van der Waals surface area contributed by atoms with Gasteiger partial charge in [-0.25, -0.2) is 4.79 Å². The summed E-state index contributed by atoms with van der Waals surface area (Å²) in [6.45, 7) is 4.01. The van der Waals surface area contributed by atoms with Crippen LogP contribution in [0.5, 0.6) is 0 Å². The van der Waals surface area contributed by atoms with Crippen LogP contribution in [0.15, 0.2) is 60.7 Å². The number of carbonyl (C=O) groups excluding carboxylic acids is 2. The van der Waals surface area contributed by atoms with E-state index in [9.17, 15) is 19.5 Å². The Morgan fingerprint density at radius 2 is 1.69 bits per heavy atom. The van der Waals surface area contributed by atoms with Crippen molar-refractivity contribution in [2.24, 2.45) is 11.8 Å². The maximum atomic E-state index is 13.0. The van der Waals surface area contributed by atoms with E-state index in [1.807, 2.05) is 44.2 Å². The molecule has 184 valence electrons. The van der Waals surface area contributed by atoms with Crippen molar-refractivity contribution in [2.75, 3.05) is 6.61 Å². The van der Waals surface area contributed by atoms with Gasteiger partial charge in [0.25, 0.3) is 0 Å². The number of fused-ring (bicyclic) bond motifs is 3. The average molecular weight is 477 g/mol. The zero-order chi connectivity index (χ0) is 24.9. The van der Waals surface area contributed by atoms with E-state index >= 15 is 0 Å². The number of aliphatic carboxylic acids is 1. The van der Waals surface area contributed by atoms with Crippen LogP contribution >= 0.6 is 0 Å². The van der Waals surface area contributed by atoms with Crippen LogP contribution in [0.2, 0.25) is 0 Å². The number of carbonyl (C=O) groups is 3. The molecule has 0 saturated heterocycles. The van der Waals surface area contributed by atoms with Gasteiger partial charge in [0, 0.05) is 12.0 Å². The Hall–Kier alpha value is -3.61. The summed E-state index contributed by atoms with van der Waals surface area (Å²) in [6, 6.07) is 15.1. The fourth-order valence-corrected chi connectivity index (χ4v) is 4.94. The molecule has 0 aromatic heterocycles. The largest absolute Gasteiger partial charge is 0.481 e. The lowest BCUT2D eigenvalue weighted by Crippen LogP contribution is -2.53. The summed E-state index contributed by atoms with van der Waals surface area (Å²) in [6.07, 6.45) is 4.42. The number of alkyl carbamates (subject to hydrolysis) is 1. The van der Waals surface area contributed by atoms with Gasteiger partial charge in [0.05, 0.1) is 5.92 Å². The Kier molecular flexibility index (Phi) is 7.54. The molecule has 4 rings (SSSR count). The van der Waals surface area contributed by atoms with Crippen molar-refractivity contribution in [3.8, 4) is 11.1 Å². The number of rotatable bonds is 8. The lowest BCUT2D eigenvalue weighted by atomic mass is 9.90. The molecule has 2 amide bonds. The van der Waals surface area contributed by atoms with Crippen LogP contribution in [-0.4, -0.2) is 41.8 Å². The molecule has 2 aromatic rings. The lowest BCUT2D eigenvalue weighted by Gasteiger charge is -2.28. The molecule has 3 N–H and O–H groups in total. The van der Waals surface area contributed by atoms with Crippen LogP contribution in [0.3, 0.4) is 0 Å². The molecule has 0 saturated carbocycles. The molecule has 0 fully saturated rings. The Morgan fingerprint density at radius 3 is 2.29 bits per heavy atom. The second-order valence-electron chi connectivity index (χ2n) is 9.38. The van der Waals surface area contributed by atoms with Crippen molar-refractivity contribution >= 4 is 18.0 Å². The van der Waals surface area contributed by atoms with Crippen molar-refractivity contribution in [2.45, 2.75) is 51.1 Å². The Labute approximate surface area is 205 Å². The molecule has 2 aliphatic rings. The highest BCUT2D eigenvalue weighted by Crippen LogP contribution is 2.44. The predicted octanol–water partition coefficient (Wildman–Crippen LogP) is 4.48. The first-order valence-corrected chi connectivity index (χ1v) is 12.2. The second kappa shape index (κ2) is 10.8. The third-order valence-electron chi connectivity index (χ3n) is 7.12. The first-order chi connectivity index (χ1) is 16.9. The van der Waals surface area contributed by atoms with Crippen LogP contribution in [-0.2, 0) is 14.3 Å². The van der Waals surface area contributed by atoms with Crippen LogP contribution in [0.25, 0.3) is 11.1 Å². The van der Waals surface area contributed by atoms with Crippen molar-refractivity contribution < 1.29 is 24.2 Å². The van der Waals surface area contributed by atoms with Gasteiger partial charge in [0.2, 0.25) is 5.91 Å². The van der Waals surface area contributed by atoms with Crippen molar-refractivity contribution in [3.63, 3.8) is 0 Å². The standard InChI is InChI=1S/C28H32N2O5/c1-3-17(2)25(26(31)29-19-10-8-9-18(15-19)27(32)33)30-28(34)35-16-24-22-13-6-4-11-20(22)21-12-5-7-14-23(21)24/h4-8,10-14,17-19,24-25H,3,9,15-16H2,1-2H3,(H,29,31)(H,30,34)(H,32,33)/t17?,18?,19?,25-/m0/s1. The van der Waals surface area contributed by atoms with Gasteiger partial charge in [0.1, 0.15) is 12.6 Å². The number of benzene rings is 2. The number of amides is 2. The summed E-state index contributed by atoms with van der Waals surface area (Å²) in [7, 11) is 0. The molecule has 7 nitrogen and oxygen atoms in total. The number of allylic oxidation sites excluding steroid dienone is 1. The molecule has 7 heteroatoms. The van der Waals surface area contributed by atoms with Crippen molar-refractivity contribution in [1.82, 2.24) is 10.6 Å². The fourth-order valence-electron chi connectivity index (χ4n) is 4.94. The smallest absolute Gasteiger partial charge is 0.407 e. The van der Waals surface area contributed by atoms with Gasteiger partial charge in [0.15, 0.2) is 0 Å². The molecule has 0 heterocycles. The van der Waals surface area contributed by atoms with E-state index in [1.165, 1.54) is 0 Å². The van der Waals surface area contributed by atoms with Gasteiger partial charge in [-0.05, 0) is 41.0 Å². The van der Waals surface area contributed by atoms with E-state index < -0.39 is 24.0 Å². The number of hydrogen-bond acceptors (Lipinski definition) is 4. The van der Waals surface area contributed by atoms with Gasteiger partial charge in [-0.2, -0.15) is 0 Å². The number of hydrogen-bond donors (Lipinski definition) is 3. The van der Waals surface area contributed by atoms with Crippen LogP contribution in [0, 0.1) is 11.8 Å². The molecule has 0 bridgehead atoms. The summed E-state index contributed by atoms with van der Waals surface area (Å²) in [5.41, 5.74) is 4.54. The third-order valence-corrected chi connectivity index (χ3v) is 7.12. The number of carboxylic acids is 1. The normalized spacial score (nSPS) is 20.3. The minimum Gasteiger partial charge on any atom is -0.481 e. The summed E-state index contributed by atoms with van der Waals surface area (Å²) in [4.78, 5) is 37.2. The maximum Gasteiger partial charge on any atom is 0.407 e. The van der Waals surface area contributed by atoms with Crippen molar-refractivity contribution in [1.29, 1.82) is 0 Å². The molecule has 35 heavy (non-hydrogen) atoms. The quantitative estimate of drug-likeness (QED) is 0.488. The Morgan fingerprint density at radius 1 is 1.06 bits per heavy atom. The lowest BCUT2D eigenvalue weighted by molar-refractivity contribution is -0.142. The molecule has 3 unspecified atom stereocenters. The van der Waals surface area contributed by atoms with Gasteiger partial charge >= 0.3 is 12.1 Å². The van der Waals surface area contributed by atoms with Gasteiger partial charge in [-0.3, -0.25) is 9.59 Å². The highest BCUT2D eigenvalue weighted by Gasteiger charge is 2.32. The summed E-state index contributed by atoms with van der Waals surface area (Å²) in [5.74, 6) is -1.93. The van der Waals surface area contributed by atoms with E-state index in [-0.39, 0.29) is 30.4 Å². The zero-order valence-corrected chi connectivity index (χ0v) is 20.1. The van der Waals surface area contributed by atoms with Crippen LogP contribution < -0.4 is 10.6 Å². The molecular formula is C28H32N2O5. The van der Waals surface area contributed by atoms with E-state index in [1.54, 1.807) is 6.08 Å². The summed E-state index contributed by atoms with van der Waals surface area (Å²) < 4.78 is 5.63. The first-order valence-electron chi connectivity index (χ1n) is 12.2. The molecule has 0 spiro atoms. The zero-order valence-electron chi connectivity index (χ0n) is 20.1. The minimum absolute atomic E-state index is 0.0654. The van der Waals surface area contributed by atoms with Crippen molar-refractivity contribution in [3.05, 3.63) is 71.8 Å². The highest BCUT2D eigenvalue weighted by molar-refractivity contribution is 5.86. The fraction of sp³-hybridized carbons (Fsp3) is 0.393. The van der Waals surface area contributed by atoms with E-state index in [0.29, 0.717) is 19.3 Å². The Bertz CT molecular complexity index is 1080. The topological polar surface area (TPSA) is 105 Å². The molecule has 0 aliphatic heterocycles. The number of nitrogens with one attached hydrogen (secondary N) is 2. The Balaban J connectivity index is 1.40. The SMILES string of the molecule is CCC(C)[C@H](NC(=O)OCC1c2ccccc2-c2ccccc21)C(=O)NC1C=CCC(C(=O)O)C1. The number of ether oxygens (including phenoxy) is 1. The third kappa shape index (κ3) is 5.39. The molecular weight excluding hydrogens is 444 g/mol. The summed E-state index contributed by atoms with van der Waals surface area (Å²) >= 11 is 0. The van der Waals surface area contributed by atoms with Gasteiger partial charge < -0.3 is 20.5 Å². The van der Waals surface area contributed by atoms with Crippen LogP contribution in [0.1, 0.15) is 50.2 Å². The maximum absolute atomic E-state index is 13.0. The summed E-state index contributed by atoms with van der Waals surface area (Å²) in [5, 5.41) is 14.9. The molecule has 0 radical (unpaired) electrons. The molecule has 2 aliphatic carbocycles. The van der Waals surface area contributed by atoms with E-state index in [4.69, 9.17) is 4.74 Å². The highest BCUT2D eigenvalue weighted by atomic mass is 16.5. The second-order valence-corrected chi connectivity index (χ2v) is 9.38. The predicted molar refractivity (Wildman–Crippen MR) is 133 cm³/mol.